The summed E-state index contributed by atoms with van der Waals surface area (Å²) >= 11 is 0. The normalized spacial score (nSPS) is 32.2. The van der Waals surface area contributed by atoms with Gasteiger partial charge >= 0.3 is 0 Å². The fraction of sp³-hybridized carbons (Fsp3) is 1.00. The van der Waals surface area contributed by atoms with E-state index in [1.165, 1.54) is 0 Å². The van der Waals surface area contributed by atoms with Gasteiger partial charge in [-0.2, -0.15) is 0 Å². The number of rotatable bonds is 2. The van der Waals surface area contributed by atoms with Crippen LogP contribution in [0.15, 0.2) is 0 Å². The fourth-order valence-corrected chi connectivity index (χ4v) is 1.31. The van der Waals surface area contributed by atoms with Crippen LogP contribution >= 0.6 is 0 Å². The third-order valence-electron chi connectivity index (χ3n) is 2.20. The van der Waals surface area contributed by atoms with Crippen LogP contribution in [0.4, 0.5) is 8.78 Å². The van der Waals surface area contributed by atoms with E-state index in [1.807, 2.05) is 20.8 Å². The van der Waals surface area contributed by atoms with Gasteiger partial charge in [0.25, 0.3) is 5.92 Å². The van der Waals surface area contributed by atoms with Gasteiger partial charge in [0.15, 0.2) is 0 Å². The summed E-state index contributed by atoms with van der Waals surface area (Å²) in [5.74, 6) is -2.98. The van der Waals surface area contributed by atoms with Crippen LogP contribution in [-0.2, 0) is 0 Å². The molecule has 11 heavy (non-hydrogen) atoms. The topological polar surface area (TPSA) is 0 Å². The van der Waals surface area contributed by atoms with Crippen molar-refractivity contribution < 1.29 is 8.78 Å². The minimum absolute atomic E-state index is 0.303. The van der Waals surface area contributed by atoms with E-state index in [2.05, 4.69) is 0 Å². The number of alkyl halides is 2. The maximum Gasteiger partial charge on any atom is 0.254 e. The van der Waals surface area contributed by atoms with Crippen LogP contribution in [0.3, 0.4) is 0 Å². The first-order chi connectivity index (χ1) is 5.10. The Morgan fingerprint density at radius 2 is 1.64 bits per heavy atom. The van der Waals surface area contributed by atoms with Crippen molar-refractivity contribution in [2.24, 2.45) is 11.8 Å². The van der Waals surface area contributed by atoms with Crippen molar-refractivity contribution in [3.05, 3.63) is 0 Å². The van der Waals surface area contributed by atoms with Gasteiger partial charge in [-0.3, -0.25) is 0 Å². The van der Waals surface area contributed by atoms with Gasteiger partial charge in [-0.1, -0.05) is 34.1 Å². The van der Waals surface area contributed by atoms with Gasteiger partial charge in [-0.25, -0.2) is 8.78 Å². The van der Waals surface area contributed by atoms with Gasteiger partial charge in [-0.15, -0.1) is 0 Å². The molecule has 68 valence electrons. The summed E-state index contributed by atoms with van der Waals surface area (Å²) in [6, 6.07) is 0. The van der Waals surface area contributed by atoms with E-state index < -0.39 is 5.92 Å². The first-order valence-electron chi connectivity index (χ1n) is 4.48. The van der Waals surface area contributed by atoms with Crippen molar-refractivity contribution in [1.82, 2.24) is 0 Å². The summed E-state index contributed by atoms with van der Waals surface area (Å²) in [6.07, 6.45) is 1.57. The molecule has 0 amide bonds. The molecule has 0 aromatic heterocycles. The van der Waals surface area contributed by atoms with Crippen LogP contribution in [0.1, 0.15) is 40.5 Å². The molecule has 2 heteroatoms. The van der Waals surface area contributed by atoms with Crippen molar-refractivity contribution >= 4 is 0 Å². The minimum atomic E-state index is -2.32. The molecule has 0 saturated heterocycles. The maximum absolute atomic E-state index is 12.4. The Labute approximate surface area is 68.0 Å². The molecule has 1 saturated carbocycles. The zero-order valence-corrected chi connectivity index (χ0v) is 7.82. The molecule has 0 radical (unpaired) electrons. The Kier molecular flexibility index (Phi) is 3.98. The molecule has 0 spiro atoms. The van der Waals surface area contributed by atoms with E-state index in [1.54, 1.807) is 6.92 Å². The lowest BCUT2D eigenvalue weighted by Crippen LogP contribution is -1.92. The van der Waals surface area contributed by atoms with Crippen LogP contribution in [-0.4, -0.2) is 5.92 Å². The van der Waals surface area contributed by atoms with E-state index in [-0.39, 0.29) is 11.8 Å². The van der Waals surface area contributed by atoms with Crippen molar-refractivity contribution in [2.75, 3.05) is 0 Å². The smallest absolute Gasteiger partial charge is 0.206 e. The molecule has 1 aliphatic rings. The highest BCUT2D eigenvalue weighted by Crippen LogP contribution is 2.56. The van der Waals surface area contributed by atoms with Gasteiger partial charge < -0.3 is 0 Å². The first-order valence-corrected chi connectivity index (χ1v) is 4.48. The van der Waals surface area contributed by atoms with Crippen LogP contribution in [0.25, 0.3) is 0 Å². The van der Waals surface area contributed by atoms with E-state index in [9.17, 15) is 8.78 Å². The molecule has 2 unspecified atom stereocenters. The van der Waals surface area contributed by atoms with E-state index in [0.717, 1.165) is 6.42 Å². The highest BCUT2D eigenvalue weighted by atomic mass is 19.3. The predicted molar refractivity (Wildman–Crippen MR) is 43.9 cm³/mol. The second kappa shape index (κ2) is 4.03. The van der Waals surface area contributed by atoms with Crippen LogP contribution in [0.5, 0.6) is 0 Å². The summed E-state index contributed by atoms with van der Waals surface area (Å²) in [5, 5.41) is 0. The van der Waals surface area contributed by atoms with Crippen molar-refractivity contribution in [3.63, 3.8) is 0 Å². The molecule has 1 rings (SSSR count). The third-order valence-corrected chi connectivity index (χ3v) is 2.20. The average molecular weight is 164 g/mol. The zero-order chi connectivity index (χ0) is 9.07. The largest absolute Gasteiger partial charge is 0.254 e. The van der Waals surface area contributed by atoms with E-state index >= 15 is 0 Å². The molecule has 1 fully saturated rings. The Balaban J connectivity index is 0.000000461. The minimum Gasteiger partial charge on any atom is -0.206 e. The summed E-state index contributed by atoms with van der Waals surface area (Å²) < 4.78 is 24.8. The quantitative estimate of drug-likeness (QED) is 0.583. The molecule has 0 bridgehead atoms. The zero-order valence-electron chi connectivity index (χ0n) is 7.82. The van der Waals surface area contributed by atoms with Crippen LogP contribution in [0.2, 0.25) is 0 Å². The summed E-state index contributed by atoms with van der Waals surface area (Å²) in [6.45, 7) is 7.57. The molecule has 0 heterocycles. The SMILES string of the molecule is CC.CCCC1C(C)C1(F)F. The molecular formula is C9H18F2. The third kappa shape index (κ3) is 2.14. The molecule has 2 atom stereocenters. The lowest BCUT2D eigenvalue weighted by atomic mass is 10.2. The lowest BCUT2D eigenvalue weighted by molar-refractivity contribution is 0.0850. The van der Waals surface area contributed by atoms with E-state index in [0.29, 0.717) is 6.42 Å². The first kappa shape index (κ1) is 10.9. The Bertz CT molecular complexity index is 110. The van der Waals surface area contributed by atoms with Gasteiger partial charge in [0.1, 0.15) is 0 Å². The maximum atomic E-state index is 12.4. The number of hydrogen-bond donors (Lipinski definition) is 0. The van der Waals surface area contributed by atoms with Crippen molar-refractivity contribution in [1.29, 1.82) is 0 Å². The molecule has 0 nitrogen and oxygen atoms in total. The predicted octanol–water partition coefficient (Wildman–Crippen LogP) is 3.71. The molecule has 0 aromatic rings. The average Bonchev–Trinajstić information content (AvgIpc) is 2.44. The monoisotopic (exact) mass is 164 g/mol. The molecule has 0 N–H and O–H groups in total. The highest BCUT2D eigenvalue weighted by Gasteiger charge is 2.64. The lowest BCUT2D eigenvalue weighted by Gasteiger charge is -1.90. The Morgan fingerprint density at radius 1 is 1.27 bits per heavy atom. The van der Waals surface area contributed by atoms with Gasteiger partial charge in [0.05, 0.1) is 0 Å². The van der Waals surface area contributed by atoms with E-state index in [4.69, 9.17) is 0 Å². The molecule has 0 aliphatic heterocycles. The van der Waals surface area contributed by atoms with Crippen LogP contribution < -0.4 is 0 Å². The van der Waals surface area contributed by atoms with Gasteiger partial charge in [0, 0.05) is 11.8 Å². The second-order valence-electron chi connectivity index (χ2n) is 2.86. The fourth-order valence-electron chi connectivity index (χ4n) is 1.31. The molecule has 1 aliphatic carbocycles. The Morgan fingerprint density at radius 3 is 1.73 bits per heavy atom. The Hall–Kier alpha value is -0.140. The summed E-state index contributed by atoms with van der Waals surface area (Å²) in [4.78, 5) is 0. The summed E-state index contributed by atoms with van der Waals surface area (Å²) in [7, 11) is 0. The summed E-state index contributed by atoms with van der Waals surface area (Å²) in [5.41, 5.74) is 0. The highest BCUT2D eigenvalue weighted by molar-refractivity contribution is 5.01. The standard InChI is InChI=1S/C7H12F2.C2H6/c1-3-4-6-5(2)7(6,8)9;1-2/h5-6H,3-4H2,1-2H3;1-2H3. The van der Waals surface area contributed by atoms with Gasteiger partial charge in [0.2, 0.25) is 0 Å². The second-order valence-corrected chi connectivity index (χ2v) is 2.86. The number of halogens is 2. The van der Waals surface area contributed by atoms with Crippen LogP contribution in [0, 0.1) is 11.8 Å². The van der Waals surface area contributed by atoms with Gasteiger partial charge in [-0.05, 0) is 6.42 Å². The number of hydrogen-bond acceptors (Lipinski definition) is 0. The molecule has 0 aromatic carbocycles. The van der Waals surface area contributed by atoms with Crippen molar-refractivity contribution in [2.45, 2.75) is 46.5 Å². The molecular weight excluding hydrogens is 146 g/mol. The van der Waals surface area contributed by atoms with Crippen molar-refractivity contribution in [3.8, 4) is 0 Å².